The van der Waals surface area contributed by atoms with Crippen molar-refractivity contribution in [1.29, 1.82) is 0 Å². The van der Waals surface area contributed by atoms with Crippen LogP contribution in [0.3, 0.4) is 0 Å². The number of aliphatic carboxylic acids is 1. The van der Waals surface area contributed by atoms with Gasteiger partial charge in [0.2, 0.25) is 0 Å². The molecule has 0 aromatic rings. The molecule has 0 bridgehead atoms. The second-order valence-corrected chi connectivity index (χ2v) is 5.77. The van der Waals surface area contributed by atoms with Crippen molar-refractivity contribution in [2.24, 2.45) is 5.41 Å². The number of nitrogens with zero attached hydrogens (tertiary/aromatic N) is 1. The van der Waals surface area contributed by atoms with Crippen molar-refractivity contribution in [3.8, 4) is 0 Å². The second-order valence-electron chi connectivity index (χ2n) is 5.77. The summed E-state index contributed by atoms with van der Waals surface area (Å²) in [5.41, 5.74) is -1.42. The fraction of sp³-hybridized carbons (Fsp3) is 0.818. The van der Waals surface area contributed by atoms with E-state index in [-0.39, 0.29) is 13.0 Å². The van der Waals surface area contributed by atoms with E-state index in [0.717, 1.165) is 0 Å². The van der Waals surface area contributed by atoms with Crippen molar-refractivity contribution < 1.29 is 24.6 Å². The third kappa shape index (κ3) is 7.57. The van der Waals surface area contributed by atoms with Gasteiger partial charge in [0, 0.05) is 0 Å². The Hall–Kier alpha value is -1.30. The van der Waals surface area contributed by atoms with Gasteiger partial charge in [0.15, 0.2) is 0 Å². The van der Waals surface area contributed by atoms with Crippen LogP contribution in [-0.4, -0.2) is 39.6 Å². The summed E-state index contributed by atoms with van der Waals surface area (Å²) in [6.07, 6.45) is -1.02. The van der Waals surface area contributed by atoms with Crippen LogP contribution in [0.25, 0.3) is 0 Å². The van der Waals surface area contributed by atoms with Gasteiger partial charge in [-0.15, -0.1) is 0 Å². The average Bonchev–Trinajstić information content (AvgIpc) is 1.96. The van der Waals surface area contributed by atoms with Gasteiger partial charge in [-0.2, -0.15) is 5.06 Å². The highest BCUT2D eigenvalue weighted by molar-refractivity contribution is 5.68. The van der Waals surface area contributed by atoms with Crippen molar-refractivity contribution in [3.63, 3.8) is 0 Å². The lowest BCUT2D eigenvalue weighted by atomic mass is 9.89. The van der Waals surface area contributed by atoms with Crippen molar-refractivity contribution in [1.82, 2.24) is 5.06 Å². The maximum Gasteiger partial charge on any atom is 0.434 e. The predicted molar refractivity (Wildman–Crippen MR) is 60.8 cm³/mol. The van der Waals surface area contributed by atoms with Gasteiger partial charge < -0.3 is 9.84 Å². The minimum absolute atomic E-state index is 0.103. The third-order valence-electron chi connectivity index (χ3n) is 1.81. The van der Waals surface area contributed by atoms with Crippen LogP contribution in [-0.2, 0) is 9.53 Å². The highest BCUT2D eigenvalue weighted by Gasteiger charge is 2.29. The van der Waals surface area contributed by atoms with Gasteiger partial charge in [-0.3, -0.25) is 10.0 Å². The SMILES string of the molecule is CC(C)(CC(=O)O)CN(O)C(=O)OC(C)(C)C. The Kier molecular flexibility index (Phi) is 4.94. The normalized spacial score (nSPS) is 12.1. The Bertz CT molecular complexity index is 293. The smallest absolute Gasteiger partial charge is 0.434 e. The van der Waals surface area contributed by atoms with E-state index in [2.05, 4.69) is 0 Å². The molecule has 2 N–H and O–H groups in total. The molecule has 0 aliphatic rings. The first-order valence-corrected chi connectivity index (χ1v) is 5.34. The molecule has 0 heterocycles. The highest BCUT2D eigenvalue weighted by Crippen LogP contribution is 2.22. The number of carbonyl (C=O) groups is 2. The van der Waals surface area contributed by atoms with Crippen LogP contribution in [0.4, 0.5) is 4.79 Å². The number of carbonyl (C=O) groups excluding carboxylic acids is 1. The Morgan fingerprint density at radius 3 is 2.00 bits per heavy atom. The summed E-state index contributed by atoms with van der Waals surface area (Å²) in [6, 6.07) is 0. The molecular formula is C11H21NO5. The largest absolute Gasteiger partial charge is 0.481 e. The van der Waals surface area contributed by atoms with E-state index in [0.29, 0.717) is 5.06 Å². The molecule has 0 aromatic heterocycles. The molecule has 0 rings (SSSR count). The molecule has 17 heavy (non-hydrogen) atoms. The summed E-state index contributed by atoms with van der Waals surface area (Å²) >= 11 is 0. The molecule has 0 spiro atoms. The van der Waals surface area contributed by atoms with Gasteiger partial charge in [0.05, 0.1) is 13.0 Å². The van der Waals surface area contributed by atoms with Crippen LogP contribution in [0.1, 0.15) is 41.0 Å². The molecule has 0 radical (unpaired) electrons. The summed E-state index contributed by atoms with van der Waals surface area (Å²) in [5, 5.41) is 18.6. The van der Waals surface area contributed by atoms with Crippen LogP contribution >= 0.6 is 0 Å². The number of rotatable bonds is 4. The quantitative estimate of drug-likeness (QED) is 0.587. The Balaban J connectivity index is 4.38. The molecule has 1 amide bonds. The Morgan fingerprint density at radius 1 is 1.18 bits per heavy atom. The fourth-order valence-corrected chi connectivity index (χ4v) is 1.25. The van der Waals surface area contributed by atoms with Gasteiger partial charge >= 0.3 is 12.1 Å². The Morgan fingerprint density at radius 2 is 1.65 bits per heavy atom. The van der Waals surface area contributed by atoms with Gasteiger partial charge in [0.25, 0.3) is 0 Å². The van der Waals surface area contributed by atoms with Crippen molar-refractivity contribution in [2.45, 2.75) is 46.6 Å². The maximum absolute atomic E-state index is 11.4. The van der Waals surface area contributed by atoms with Gasteiger partial charge in [0.1, 0.15) is 5.60 Å². The van der Waals surface area contributed by atoms with E-state index in [1.807, 2.05) is 0 Å². The van der Waals surface area contributed by atoms with Crippen LogP contribution in [0.2, 0.25) is 0 Å². The number of hydroxylamine groups is 2. The summed E-state index contributed by atoms with van der Waals surface area (Å²) in [5.74, 6) is -0.979. The fourth-order valence-electron chi connectivity index (χ4n) is 1.25. The zero-order chi connectivity index (χ0) is 13.9. The molecule has 0 saturated carbocycles. The summed E-state index contributed by atoms with van der Waals surface area (Å²) in [4.78, 5) is 22.0. The number of hydrogen-bond acceptors (Lipinski definition) is 4. The first-order chi connectivity index (χ1) is 7.43. The lowest BCUT2D eigenvalue weighted by Gasteiger charge is -2.29. The monoisotopic (exact) mass is 247 g/mol. The first kappa shape index (κ1) is 15.7. The molecule has 6 heteroatoms. The zero-order valence-electron chi connectivity index (χ0n) is 11.0. The van der Waals surface area contributed by atoms with Gasteiger partial charge in [-0.1, -0.05) is 13.8 Å². The zero-order valence-corrected chi connectivity index (χ0v) is 11.0. The van der Waals surface area contributed by atoms with Crippen molar-refractivity contribution >= 4 is 12.1 Å². The van der Waals surface area contributed by atoms with E-state index in [1.54, 1.807) is 34.6 Å². The maximum atomic E-state index is 11.4. The number of hydrogen-bond donors (Lipinski definition) is 2. The lowest BCUT2D eigenvalue weighted by molar-refractivity contribution is -0.143. The van der Waals surface area contributed by atoms with Gasteiger partial charge in [-0.05, 0) is 26.2 Å². The molecule has 0 fully saturated rings. The molecule has 100 valence electrons. The minimum Gasteiger partial charge on any atom is -0.481 e. The van der Waals surface area contributed by atoms with Crippen LogP contribution in [0.5, 0.6) is 0 Å². The van der Waals surface area contributed by atoms with Crippen molar-refractivity contribution in [2.75, 3.05) is 6.54 Å². The van der Waals surface area contributed by atoms with Crippen LogP contribution in [0.15, 0.2) is 0 Å². The van der Waals surface area contributed by atoms with E-state index in [1.165, 1.54) is 0 Å². The second kappa shape index (κ2) is 5.35. The minimum atomic E-state index is -0.979. The summed E-state index contributed by atoms with van der Waals surface area (Å²) in [7, 11) is 0. The number of carboxylic acid groups (broad SMARTS) is 1. The number of amides is 1. The predicted octanol–water partition coefficient (Wildman–Crippen LogP) is 2.11. The Labute approximate surface area is 101 Å². The summed E-state index contributed by atoms with van der Waals surface area (Å²) < 4.78 is 4.94. The van der Waals surface area contributed by atoms with Crippen LogP contribution in [0, 0.1) is 5.41 Å². The highest BCUT2D eigenvalue weighted by atomic mass is 16.6. The van der Waals surface area contributed by atoms with E-state index in [4.69, 9.17) is 9.84 Å². The topological polar surface area (TPSA) is 87.1 Å². The molecule has 6 nitrogen and oxygen atoms in total. The molecular weight excluding hydrogens is 226 g/mol. The van der Waals surface area contributed by atoms with Gasteiger partial charge in [-0.25, -0.2) is 4.79 Å². The van der Waals surface area contributed by atoms with Crippen molar-refractivity contribution in [3.05, 3.63) is 0 Å². The molecule has 0 atom stereocenters. The summed E-state index contributed by atoms with van der Waals surface area (Å²) in [6.45, 7) is 8.24. The molecule has 0 aromatic carbocycles. The van der Waals surface area contributed by atoms with E-state index >= 15 is 0 Å². The number of carboxylic acids is 1. The molecule has 0 aliphatic carbocycles. The lowest BCUT2D eigenvalue weighted by Crippen LogP contribution is -2.40. The first-order valence-electron chi connectivity index (χ1n) is 5.34. The third-order valence-corrected chi connectivity index (χ3v) is 1.81. The molecule has 0 unspecified atom stereocenters. The standard InChI is InChI=1S/C11H21NO5/c1-10(2,3)17-9(15)12(16)7-11(4,5)6-8(13)14/h16H,6-7H2,1-5H3,(H,13,14). The number of ether oxygens (including phenoxy) is 1. The molecule has 0 saturated heterocycles. The van der Waals surface area contributed by atoms with E-state index in [9.17, 15) is 14.8 Å². The van der Waals surface area contributed by atoms with E-state index < -0.39 is 23.1 Å². The van der Waals surface area contributed by atoms with Crippen LogP contribution < -0.4 is 0 Å². The molecule has 0 aliphatic heterocycles. The average molecular weight is 247 g/mol.